The molecule has 0 aliphatic carbocycles. The molecule has 1 aliphatic rings. The van der Waals surface area contributed by atoms with Crippen LogP contribution in [-0.2, 0) is 4.79 Å². The Kier molecular flexibility index (Phi) is 5.37. The number of hydrazone groups is 1. The summed E-state index contributed by atoms with van der Waals surface area (Å²) in [4.78, 5) is 23.8. The van der Waals surface area contributed by atoms with Gasteiger partial charge in [-0.3, -0.25) is 9.59 Å². The van der Waals surface area contributed by atoms with Gasteiger partial charge in [0.05, 0.1) is 12.8 Å². The summed E-state index contributed by atoms with van der Waals surface area (Å²) in [6.07, 6.45) is 1.30. The van der Waals surface area contributed by atoms with Crippen LogP contribution in [0.1, 0.15) is 15.9 Å². The highest BCUT2D eigenvalue weighted by molar-refractivity contribution is 9.10. The van der Waals surface area contributed by atoms with E-state index in [0.717, 1.165) is 4.47 Å². The zero-order chi connectivity index (χ0) is 18.5. The fraction of sp³-hybridized carbons (Fsp3) is 0.118. The fourth-order valence-electron chi connectivity index (χ4n) is 2.14. The van der Waals surface area contributed by atoms with Crippen molar-refractivity contribution in [2.75, 3.05) is 13.3 Å². The zero-order valence-corrected chi connectivity index (χ0v) is 14.9. The highest BCUT2D eigenvalue weighted by atomic mass is 79.9. The summed E-state index contributed by atoms with van der Waals surface area (Å²) in [5, 5.41) is 15.9. The number of hydrogen-bond donors (Lipinski definition) is 3. The number of carbonyl (C=O) groups excluding carboxylic acids is 2. The Hall–Kier alpha value is -3.07. The van der Waals surface area contributed by atoms with Gasteiger partial charge in [0.15, 0.2) is 11.5 Å². The lowest BCUT2D eigenvalue weighted by Gasteiger charge is -2.05. The van der Waals surface area contributed by atoms with Crippen LogP contribution >= 0.6 is 15.9 Å². The first-order chi connectivity index (χ1) is 12.5. The zero-order valence-electron chi connectivity index (χ0n) is 13.4. The third kappa shape index (κ3) is 4.31. The largest absolute Gasteiger partial charge is 0.507 e. The van der Waals surface area contributed by atoms with E-state index in [1.54, 1.807) is 30.3 Å². The van der Waals surface area contributed by atoms with Crippen LogP contribution in [0.25, 0.3) is 0 Å². The van der Waals surface area contributed by atoms with Gasteiger partial charge in [-0.25, -0.2) is 5.43 Å². The van der Waals surface area contributed by atoms with Gasteiger partial charge in [0.1, 0.15) is 5.75 Å². The van der Waals surface area contributed by atoms with E-state index >= 15 is 0 Å². The monoisotopic (exact) mass is 419 g/mol. The van der Waals surface area contributed by atoms with Crippen molar-refractivity contribution >= 4 is 34.0 Å². The second kappa shape index (κ2) is 7.87. The molecule has 0 radical (unpaired) electrons. The van der Waals surface area contributed by atoms with Gasteiger partial charge in [-0.15, -0.1) is 0 Å². The average Bonchev–Trinajstić information content (AvgIpc) is 3.10. The summed E-state index contributed by atoms with van der Waals surface area (Å²) in [5.74, 6) is 0.157. The first kappa shape index (κ1) is 17.7. The molecule has 2 amide bonds. The smallest absolute Gasteiger partial charge is 0.259 e. The Labute approximate surface area is 156 Å². The number of ether oxygens (including phenoxy) is 2. The molecule has 3 N–H and O–H groups in total. The van der Waals surface area contributed by atoms with Crippen molar-refractivity contribution in [2.24, 2.45) is 5.10 Å². The number of carbonyl (C=O) groups is 2. The number of phenolic OH excluding ortho intramolecular Hbond substituents is 1. The van der Waals surface area contributed by atoms with E-state index < -0.39 is 11.8 Å². The molecule has 0 bridgehead atoms. The molecule has 0 unspecified atom stereocenters. The summed E-state index contributed by atoms with van der Waals surface area (Å²) < 4.78 is 11.1. The van der Waals surface area contributed by atoms with Crippen LogP contribution in [0.3, 0.4) is 0 Å². The van der Waals surface area contributed by atoms with Crippen molar-refractivity contribution in [1.82, 2.24) is 10.7 Å². The molecule has 1 heterocycles. The Bertz CT molecular complexity index is 885. The van der Waals surface area contributed by atoms with Crippen molar-refractivity contribution in [3.8, 4) is 17.2 Å². The SMILES string of the molecule is O=C(CNC(=O)c1ccc2c(c1)OCO2)N/N=C/c1cc(Br)ccc1O. The van der Waals surface area contributed by atoms with Crippen LogP contribution < -0.4 is 20.2 Å². The third-order valence-corrected chi connectivity index (χ3v) is 3.92. The fourth-order valence-corrected chi connectivity index (χ4v) is 2.52. The highest BCUT2D eigenvalue weighted by Gasteiger charge is 2.16. The van der Waals surface area contributed by atoms with Crippen LogP contribution in [0.2, 0.25) is 0 Å². The predicted octanol–water partition coefficient (Wildman–Crippen LogP) is 1.76. The Morgan fingerprint density at radius 1 is 1.19 bits per heavy atom. The van der Waals surface area contributed by atoms with E-state index in [0.29, 0.717) is 22.6 Å². The Morgan fingerprint density at radius 2 is 2.00 bits per heavy atom. The van der Waals surface area contributed by atoms with Crippen molar-refractivity contribution in [2.45, 2.75) is 0 Å². The van der Waals surface area contributed by atoms with Gasteiger partial charge in [-0.2, -0.15) is 5.10 Å². The van der Waals surface area contributed by atoms with Gasteiger partial charge in [0.25, 0.3) is 11.8 Å². The quantitative estimate of drug-likeness (QED) is 0.505. The molecular weight excluding hydrogens is 406 g/mol. The normalized spacial score (nSPS) is 12.2. The van der Waals surface area contributed by atoms with Gasteiger partial charge in [-0.1, -0.05) is 15.9 Å². The molecule has 0 fully saturated rings. The van der Waals surface area contributed by atoms with Gasteiger partial charge in [0.2, 0.25) is 6.79 Å². The molecule has 0 saturated carbocycles. The van der Waals surface area contributed by atoms with Gasteiger partial charge < -0.3 is 19.9 Å². The first-order valence-corrected chi connectivity index (χ1v) is 8.30. The van der Waals surface area contributed by atoms with E-state index in [2.05, 4.69) is 31.8 Å². The van der Waals surface area contributed by atoms with E-state index in [-0.39, 0.29) is 19.1 Å². The molecule has 2 aromatic rings. The maximum absolute atomic E-state index is 12.1. The Morgan fingerprint density at radius 3 is 2.85 bits per heavy atom. The molecule has 9 heteroatoms. The van der Waals surface area contributed by atoms with Gasteiger partial charge >= 0.3 is 0 Å². The molecule has 8 nitrogen and oxygen atoms in total. The number of fused-ring (bicyclic) bond motifs is 1. The molecule has 26 heavy (non-hydrogen) atoms. The number of aromatic hydroxyl groups is 1. The lowest BCUT2D eigenvalue weighted by atomic mass is 10.2. The van der Waals surface area contributed by atoms with Gasteiger partial charge in [0, 0.05) is 15.6 Å². The summed E-state index contributed by atoms with van der Waals surface area (Å²) in [7, 11) is 0. The van der Waals surface area contributed by atoms with Crippen molar-refractivity contribution in [1.29, 1.82) is 0 Å². The highest BCUT2D eigenvalue weighted by Crippen LogP contribution is 2.32. The number of phenols is 1. The number of nitrogens with zero attached hydrogens (tertiary/aromatic N) is 1. The van der Waals surface area contributed by atoms with Gasteiger partial charge in [-0.05, 0) is 36.4 Å². The van der Waals surface area contributed by atoms with Crippen molar-refractivity contribution < 1.29 is 24.2 Å². The van der Waals surface area contributed by atoms with Crippen LogP contribution in [0.4, 0.5) is 0 Å². The number of rotatable bonds is 5. The second-order valence-electron chi connectivity index (χ2n) is 5.25. The molecule has 3 rings (SSSR count). The minimum atomic E-state index is -0.509. The standard InChI is InChI=1S/C17H14BrN3O5/c18-12-2-3-13(22)11(5-12)7-20-21-16(23)8-19-17(24)10-1-4-14-15(6-10)26-9-25-14/h1-7,22H,8-9H2,(H,19,24)(H,21,23)/b20-7+. The minimum absolute atomic E-state index is 0.0299. The van der Waals surface area contributed by atoms with E-state index in [1.807, 2.05) is 0 Å². The maximum Gasteiger partial charge on any atom is 0.259 e. The number of hydrogen-bond acceptors (Lipinski definition) is 6. The molecule has 0 aromatic heterocycles. The molecule has 1 aliphatic heterocycles. The van der Waals surface area contributed by atoms with Crippen LogP contribution in [-0.4, -0.2) is 36.5 Å². The maximum atomic E-state index is 12.1. The average molecular weight is 420 g/mol. The summed E-state index contributed by atoms with van der Waals surface area (Å²) >= 11 is 3.27. The first-order valence-electron chi connectivity index (χ1n) is 7.51. The van der Waals surface area contributed by atoms with Crippen molar-refractivity contribution in [3.05, 3.63) is 52.0 Å². The van der Waals surface area contributed by atoms with Crippen molar-refractivity contribution in [3.63, 3.8) is 0 Å². The lowest BCUT2D eigenvalue weighted by molar-refractivity contribution is -0.120. The second-order valence-corrected chi connectivity index (χ2v) is 6.16. The van der Waals surface area contributed by atoms with Crippen LogP contribution in [0.15, 0.2) is 46.0 Å². The third-order valence-electron chi connectivity index (χ3n) is 3.43. The molecule has 134 valence electrons. The number of halogens is 1. The van der Waals surface area contributed by atoms with E-state index in [9.17, 15) is 14.7 Å². The van der Waals surface area contributed by atoms with E-state index in [4.69, 9.17) is 9.47 Å². The van der Waals surface area contributed by atoms with Crippen LogP contribution in [0.5, 0.6) is 17.2 Å². The lowest BCUT2D eigenvalue weighted by Crippen LogP contribution is -2.34. The predicted molar refractivity (Wildman–Crippen MR) is 96.4 cm³/mol. The number of benzene rings is 2. The number of amides is 2. The van der Waals surface area contributed by atoms with E-state index in [1.165, 1.54) is 12.3 Å². The molecular formula is C17H14BrN3O5. The molecule has 0 saturated heterocycles. The summed E-state index contributed by atoms with van der Waals surface area (Å²) in [6.45, 7) is -0.135. The number of nitrogens with one attached hydrogen (secondary N) is 2. The Balaban J connectivity index is 1.50. The summed E-state index contributed by atoms with van der Waals surface area (Å²) in [5.41, 5.74) is 3.06. The molecule has 0 atom stereocenters. The minimum Gasteiger partial charge on any atom is -0.507 e. The molecule has 2 aromatic carbocycles. The topological polar surface area (TPSA) is 109 Å². The summed E-state index contributed by atoms with van der Waals surface area (Å²) in [6, 6.07) is 9.58. The molecule has 0 spiro atoms. The van der Waals surface area contributed by atoms with Crippen LogP contribution in [0, 0.1) is 0 Å².